The Morgan fingerprint density at radius 1 is 1.29 bits per heavy atom. The molecule has 0 aliphatic carbocycles. The zero-order chi connectivity index (χ0) is 13.7. The van der Waals surface area contributed by atoms with Crippen molar-refractivity contribution in [2.75, 3.05) is 27.3 Å². The minimum Gasteiger partial charge on any atom is -0.292 e. The van der Waals surface area contributed by atoms with E-state index in [9.17, 15) is 4.57 Å². The number of nitrogens with zero attached hydrogens (tertiary/aromatic N) is 2. The van der Waals surface area contributed by atoms with Crippen molar-refractivity contribution in [3.8, 4) is 0 Å². The molecule has 0 fully saturated rings. The normalized spacial score (nSPS) is 13.9. The number of aliphatic imine (C=N–C) groups is 1. The van der Waals surface area contributed by atoms with E-state index in [0.29, 0.717) is 0 Å². The molecule has 0 N–H and O–H groups in total. The molecule has 0 spiro atoms. The van der Waals surface area contributed by atoms with E-state index in [4.69, 9.17) is 43.9 Å². The van der Waals surface area contributed by atoms with Crippen molar-refractivity contribution in [3.05, 3.63) is 0 Å². The van der Waals surface area contributed by atoms with E-state index in [0.717, 1.165) is 4.67 Å². The highest BCUT2D eigenvalue weighted by atomic mass is 35.6. The monoisotopic (exact) mass is 324 g/mol. The topological polar surface area (TPSA) is 51.1 Å². The molecule has 0 aromatic rings. The molecule has 0 radical (unpaired) electrons. The van der Waals surface area contributed by atoms with E-state index >= 15 is 0 Å². The van der Waals surface area contributed by atoms with E-state index in [-0.39, 0.29) is 19.0 Å². The average molecular weight is 326 g/mol. The van der Waals surface area contributed by atoms with Crippen molar-refractivity contribution in [1.29, 1.82) is 0 Å². The van der Waals surface area contributed by atoms with Crippen LogP contribution in [-0.4, -0.2) is 41.6 Å². The van der Waals surface area contributed by atoms with Crippen LogP contribution in [0, 0.1) is 0 Å². The summed E-state index contributed by atoms with van der Waals surface area (Å²) in [5.74, 6) is -0.00673. The van der Waals surface area contributed by atoms with Crippen LogP contribution in [0.3, 0.4) is 0 Å². The molecule has 9 heteroatoms. The lowest BCUT2D eigenvalue weighted by atomic mass is 10.6. The lowest BCUT2D eigenvalue weighted by molar-refractivity contribution is 0.194. The Balaban J connectivity index is 5.21. The number of rotatable bonds is 5. The van der Waals surface area contributed by atoms with Gasteiger partial charge in [0.2, 0.25) is 3.79 Å². The van der Waals surface area contributed by atoms with Crippen LogP contribution in [0.4, 0.5) is 0 Å². The Morgan fingerprint density at radius 3 is 1.94 bits per heavy atom. The fraction of sp³-hybridized carbons (Fsp3) is 0.875. The van der Waals surface area contributed by atoms with Crippen LogP contribution in [0.25, 0.3) is 0 Å². The number of hydrogen-bond donors (Lipinski definition) is 0. The van der Waals surface area contributed by atoms with E-state index < -0.39 is 11.5 Å². The molecule has 0 saturated heterocycles. The van der Waals surface area contributed by atoms with E-state index in [1.807, 2.05) is 0 Å². The molecule has 0 aliphatic heterocycles. The highest BCUT2D eigenvalue weighted by Crippen LogP contribution is 2.53. The Morgan fingerprint density at radius 2 is 1.71 bits per heavy atom. The zero-order valence-electron chi connectivity index (χ0n) is 10.1. The standard InChI is InChI=1S/C8H16Cl3N2O3P/c1-5-15-17(14,16-6-2)13(4)7(12-3)8(9,10)11/h5-6H2,1-4H3. The van der Waals surface area contributed by atoms with E-state index in [1.165, 1.54) is 14.1 Å². The third kappa shape index (κ3) is 4.93. The predicted octanol–water partition coefficient (Wildman–Crippen LogP) is 3.50. The molecule has 0 aromatic carbocycles. The molecule has 0 heterocycles. The van der Waals surface area contributed by atoms with Gasteiger partial charge in [-0.15, -0.1) is 0 Å². The summed E-state index contributed by atoms with van der Waals surface area (Å²) in [5, 5.41) is 0. The summed E-state index contributed by atoms with van der Waals surface area (Å²) in [6.07, 6.45) is 0. The predicted molar refractivity (Wildman–Crippen MR) is 72.3 cm³/mol. The summed E-state index contributed by atoms with van der Waals surface area (Å²) in [6.45, 7) is 3.80. The first kappa shape index (κ1) is 17.5. The van der Waals surface area contributed by atoms with Crippen molar-refractivity contribution in [2.24, 2.45) is 4.99 Å². The maximum Gasteiger partial charge on any atom is 0.436 e. The van der Waals surface area contributed by atoms with Gasteiger partial charge in [0.25, 0.3) is 0 Å². The minimum absolute atomic E-state index is 0.00673. The smallest absolute Gasteiger partial charge is 0.292 e. The van der Waals surface area contributed by atoms with Gasteiger partial charge in [0, 0.05) is 14.1 Å². The van der Waals surface area contributed by atoms with Crippen LogP contribution >= 0.6 is 42.5 Å². The third-order valence-corrected chi connectivity index (χ3v) is 4.32. The molecule has 0 unspecified atom stereocenters. The van der Waals surface area contributed by atoms with Crippen LogP contribution in [0.1, 0.15) is 13.8 Å². The van der Waals surface area contributed by atoms with Gasteiger partial charge >= 0.3 is 7.75 Å². The summed E-state index contributed by atoms with van der Waals surface area (Å²) in [6, 6.07) is 0. The number of halogens is 3. The second-order valence-electron chi connectivity index (χ2n) is 2.87. The molecule has 0 atom stereocenters. The summed E-state index contributed by atoms with van der Waals surface area (Å²) in [7, 11) is -0.663. The van der Waals surface area contributed by atoms with Crippen LogP contribution in [0.5, 0.6) is 0 Å². The highest BCUT2D eigenvalue weighted by molar-refractivity contribution is 7.52. The van der Waals surface area contributed by atoms with Crippen LogP contribution in [0.15, 0.2) is 4.99 Å². The lowest BCUT2D eigenvalue weighted by Crippen LogP contribution is -2.35. The lowest BCUT2D eigenvalue weighted by Gasteiger charge is -2.31. The zero-order valence-corrected chi connectivity index (χ0v) is 13.3. The van der Waals surface area contributed by atoms with E-state index in [1.54, 1.807) is 13.8 Å². The third-order valence-electron chi connectivity index (χ3n) is 1.72. The number of amidine groups is 1. The maximum atomic E-state index is 12.4. The van der Waals surface area contributed by atoms with Gasteiger partial charge in [-0.25, -0.2) is 4.57 Å². The van der Waals surface area contributed by atoms with Crippen molar-refractivity contribution >= 4 is 48.4 Å². The van der Waals surface area contributed by atoms with E-state index in [2.05, 4.69) is 4.99 Å². The van der Waals surface area contributed by atoms with Crippen molar-refractivity contribution in [3.63, 3.8) is 0 Å². The second-order valence-corrected chi connectivity index (χ2v) is 7.21. The Hall–Kier alpha value is 0.490. The van der Waals surface area contributed by atoms with Gasteiger partial charge in [-0.05, 0) is 13.8 Å². The van der Waals surface area contributed by atoms with Gasteiger partial charge in [-0.3, -0.25) is 18.7 Å². The molecule has 0 bridgehead atoms. The van der Waals surface area contributed by atoms with Gasteiger partial charge in [0.15, 0.2) is 5.84 Å². The SMILES string of the molecule is CCOP(=O)(OCC)N(C)C(=NC)C(Cl)(Cl)Cl. The molecule has 0 aromatic heterocycles. The molecule has 0 aliphatic rings. The van der Waals surface area contributed by atoms with Crippen LogP contribution in [0.2, 0.25) is 0 Å². The average Bonchev–Trinajstić information content (AvgIpc) is 2.17. The van der Waals surface area contributed by atoms with Crippen molar-refractivity contribution in [2.45, 2.75) is 17.6 Å². The summed E-state index contributed by atoms with van der Waals surface area (Å²) < 4.78 is 21.9. The summed E-state index contributed by atoms with van der Waals surface area (Å²) in [5.41, 5.74) is 0. The second kappa shape index (κ2) is 7.17. The highest BCUT2D eigenvalue weighted by Gasteiger charge is 2.40. The van der Waals surface area contributed by atoms with Crippen molar-refractivity contribution < 1.29 is 13.6 Å². The molecule has 17 heavy (non-hydrogen) atoms. The molecule has 0 rings (SSSR count). The molecular weight excluding hydrogens is 309 g/mol. The van der Waals surface area contributed by atoms with Gasteiger partial charge in [-0.2, -0.15) is 0 Å². The van der Waals surface area contributed by atoms with Crippen LogP contribution < -0.4 is 0 Å². The van der Waals surface area contributed by atoms with Gasteiger partial charge < -0.3 is 0 Å². The molecule has 0 saturated carbocycles. The van der Waals surface area contributed by atoms with Gasteiger partial charge in [0.1, 0.15) is 0 Å². The molecule has 5 nitrogen and oxygen atoms in total. The van der Waals surface area contributed by atoms with Crippen molar-refractivity contribution in [1.82, 2.24) is 4.67 Å². The molecule has 102 valence electrons. The van der Waals surface area contributed by atoms with Crippen LogP contribution in [-0.2, 0) is 13.6 Å². The first-order chi connectivity index (χ1) is 7.72. The summed E-state index contributed by atoms with van der Waals surface area (Å²) in [4.78, 5) is 3.80. The Labute approximate surface area is 117 Å². The first-order valence-corrected chi connectivity index (χ1v) is 7.53. The largest absolute Gasteiger partial charge is 0.436 e. The van der Waals surface area contributed by atoms with Gasteiger partial charge in [0.05, 0.1) is 13.2 Å². The fourth-order valence-electron chi connectivity index (χ4n) is 1.11. The number of hydrogen-bond acceptors (Lipinski definition) is 4. The Bertz CT molecular complexity index is 310. The number of alkyl halides is 3. The Kier molecular flexibility index (Phi) is 7.38. The summed E-state index contributed by atoms with van der Waals surface area (Å²) >= 11 is 17.2. The minimum atomic E-state index is -3.53. The quantitative estimate of drug-likeness (QED) is 0.336. The molecular formula is C8H16Cl3N2O3P. The first-order valence-electron chi connectivity index (χ1n) is 4.90. The van der Waals surface area contributed by atoms with Gasteiger partial charge in [-0.1, -0.05) is 34.8 Å². The maximum absolute atomic E-state index is 12.4. The molecule has 0 amide bonds. The fourth-order valence-corrected chi connectivity index (χ4v) is 3.46.